The maximum atomic E-state index is 11.3. The molecule has 0 aliphatic rings. The van der Waals surface area contributed by atoms with Gasteiger partial charge in [0, 0.05) is 20.2 Å². The summed E-state index contributed by atoms with van der Waals surface area (Å²) in [4.78, 5) is 12.8. The summed E-state index contributed by atoms with van der Waals surface area (Å²) in [6, 6.07) is 7.52. The Hall–Kier alpha value is -1.77. The van der Waals surface area contributed by atoms with Crippen molar-refractivity contribution >= 4 is 12.0 Å². The molecule has 0 saturated carbocycles. The third-order valence-electron chi connectivity index (χ3n) is 1.97. The van der Waals surface area contributed by atoms with Crippen LogP contribution in [0.2, 0.25) is 0 Å². The number of benzene rings is 1. The predicted octanol–water partition coefficient (Wildman–Crippen LogP) is 1.80. The number of amides is 1. The molecule has 0 atom stereocenters. The van der Waals surface area contributed by atoms with Crippen LogP contribution in [0.15, 0.2) is 30.3 Å². The van der Waals surface area contributed by atoms with E-state index < -0.39 is 0 Å². The molecule has 1 amide bonds. The van der Waals surface area contributed by atoms with Crippen LogP contribution < -0.4 is 4.74 Å². The van der Waals surface area contributed by atoms with E-state index in [0.717, 1.165) is 11.3 Å². The second kappa shape index (κ2) is 5.20. The van der Waals surface area contributed by atoms with Gasteiger partial charge in [-0.2, -0.15) is 0 Å². The van der Waals surface area contributed by atoms with E-state index in [2.05, 4.69) is 0 Å². The lowest BCUT2D eigenvalue weighted by atomic mass is 10.2. The molecule has 0 radical (unpaired) electrons. The third-order valence-corrected chi connectivity index (χ3v) is 1.97. The molecule has 80 valence electrons. The number of hydrogen-bond acceptors (Lipinski definition) is 2. The van der Waals surface area contributed by atoms with Crippen molar-refractivity contribution < 1.29 is 9.53 Å². The Balaban J connectivity index is 2.69. The van der Waals surface area contributed by atoms with Gasteiger partial charge < -0.3 is 9.64 Å². The van der Waals surface area contributed by atoms with Crippen molar-refractivity contribution in [3.8, 4) is 5.75 Å². The third kappa shape index (κ3) is 3.46. The van der Waals surface area contributed by atoms with E-state index in [1.807, 2.05) is 24.3 Å². The van der Waals surface area contributed by atoms with Crippen molar-refractivity contribution in [1.29, 1.82) is 0 Å². The summed E-state index contributed by atoms with van der Waals surface area (Å²) in [5.41, 5.74) is 0.978. The predicted molar refractivity (Wildman–Crippen MR) is 60.7 cm³/mol. The number of ether oxygens (including phenoxy) is 1. The first-order valence-electron chi connectivity index (χ1n) is 4.67. The lowest BCUT2D eigenvalue weighted by molar-refractivity contribution is -0.123. The first kappa shape index (κ1) is 11.3. The van der Waals surface area contributed by atoms with Crippen LogP contribution in [0.25, 0.3) is 6.08 Å². The lowest BCUT2D eigenvalue weighted by Gasteiger charge is -2.05. The molecular weight excluding hydrogens is 190 g/mol. The standard InChI is InChI=1S/C12H15NO2/c1-13(2)12(14)9-6-10-4-7-11(15-3)8-5-10/h4-9H,1-3H3/b9-6+. The second-order valence-corrected chi connectivity index (χ2v) is 3.34. The van der Waals surface area contributed by atoms with Gasteiger partial charge in [0.1, 0.15) is 5.75 Å². The molecule has 0 heterocycles. The van der Waals surface area contributed by atoms with E-state index in [1.165, 1.54) is 4.90 Å². The van der Waals surface area contributed by atoms with Crippen LogP contribution in [-0.4, -0.2) is 32.0 Å². The van der Waals surface area contributed by atoms with E-state index in [1.54, 1.807) is 33.4 Å². The van der Waals surface area contributed by atoms with Crippen molar-refractivity contribution in [1.82, 2.24) is 4.90 Å². The Morgan fingerprint density at radius 1 is 1.27 bits per heavy atom. The van der Waals surface area contributed by atoms with Crippen molar-refractivity contribution in [3.05, 3.63) is 35.9 Å². The van der Waals surface area contributed by atoms with Crippen molar-refractivity contribution in [2.75, 3.05) is 21.2 Å². The largest absolute Gasteiger partial charge is 0.497 e. The van der Waals surface area contributed by atoms with Gasteiger partial charge in [0.15, 0.2) is 0 Å². The summed E-state index contributed by atoms with van der Waals surface area (Å²) in [6.45, 7) is 0. The molecule has 0 N–H and O–H groups in total. The number of rotatable bonds is 3. The summed E-state index contributed by atoms with van der Waals surface area (Å²) in [6.07, 6.45) is 3.32. The van der Waals surface area contributed by atoms with Gasteiger partial charge in [-0.25, -0.2) is 0 Å². The van der Waals surface area contributed by atoms with E-state index in [9.17, 15) is 4.79 Å². The molecule has 0 saturated heterocycles. The summed E-state index contributed by atoms with van der Waals surface area (Å²) >= 11 is 0. The Labute approximate surface area is 90.0 Å². The molecule has 1 aromatic rings. The van der Waals surface area contributed by atoms with Crippen LogP contribution in [0.4, 0.5) is 0 Å². The van der Waals surface area contributed by atoms with Crippen LogP contribution in [0.5, 0.6) is 5.75 Å². The number of nitrogens with zero attached hydrogens (tertiary/aromatic N) is 1. The molecule has 15 heavy (non-hydrogen) atoms. The topological polar surface area (TPSA) is 29.5 Å². The second-order valence-electron chi connectivity index (χ2n) is 3.34. The zero-order chi connectivity index (χ0) is 11.3. The molecule has 1 rings (SSSR count). The highest BCUT2D eigenvalue weighted by molar-refractivity contribution is 5.91. The number of carbonyl (C=O) groups excluding carboxylic acids is 1. The smallest absolute Gasteiger partial charge is 0.246 e. The molecule has 0 aliphatic heterocycles. The minimum Gasteiger partial charge on any atom is -0.497 e. The van der Waals surface area contributed by atoms with Gasteiger partial charge in [-0.15, -0.1) is 0 Å². The summed E-state index contributed by atoms with van der Waals surface area (Å²) < 4.78 is 5.03. The average Bonchev–Trinajstić information content (AvgIpc) is 2.26. The van der Waals surface area contributed by atoms with E-state index in [4.69, 9.17) is 4.74 Å². The maximum Gasteiger partial charge on any atom is 0.246 e. The number of likely N-dealkylation sites (N-methyl/N-ethyl adjacent to an activating group) is 1. The molecule has 3 heteroatoms. The molecule has 0 bridgehead atoms. The van der Waals surface area contributed by atoms with E-state index in [-0.39, 0.29) is 5.91 Å². The zero-order valence-electron chi connectivity index (χ0n) is 9.23. The highest BCUT2D eigenvalue weighted by Crippen LogP contribution is 2.12. The summed E-state index contributed by atoms with van der Waals surface area (Å²) in [5.74, 6) is 0.789. The first-order valence-corrected chi connectivity index (χ1v) is 4.67. The lowest BCUT2D eigenvalue weighted by Crippen LogP contribution is -2.18. The Kier molecular flexibility index (Phi) is 3.92. The number of methoxy groups -OCH3 is 1. The number of hydrogen-bond donors (Lipinski definition) is 0. The van der Waals surface area contributed by atoms with Gasteiger partial charge in [0.05, 0.1) is 7.11 Å². The van der Waals surface area contributed by atoms with Crippen molar-refractivity contribution in [2.24, 2.45) is 0 Å². The van der Waals surface area contributed by atoms with Crippen LogP contribution in [-0.2, 0) is 4.79 Å². The highest BCUT2D eigenvalue weighted by atomic mass is 16.5. The molecule has 1 aromatic carbocycles. The van der Waals surface area contributed by atoms with Crippen LogP contribution in [0, 0.1) is 0 Å². The fraction of sp³-hybridized carbons (Fsp3) is 0.250. The molecule has 0 spiro atoms. The Morgan fingerprint density at radius 2 is 1.87 bits per heavy atom. The highest BCUT2D eigenvalue weighted by Gasteiger charge is 1.96. The Bertz CT molecular complexity index is 352. The quantitative estimate of drug-likeness (QED) is 0.704. The Morgan fingerprint density at radius 3 is 2.33 bits per heavy atom. The monoisotopic (exact) mass is 205 g/mol. The summed E-state index contributed by atoms with van der Waals surface area (Å²) in [7, 11) is 5.07. The fourth-order valence-corrected chi connectivity index (χ4v) is 1.03. The van der Waals surface area contributed by atoms with Gasteiger partial charge in [-0.3, -0.25) is 4.79 Å². The van der Waals surface area contributed by atoms with Crippen LogP contribution in [0.3, 0.4) is 0 Å². The van der Waals surface area contributed by atoms with Crippen LogP contribution in [0.1, 0.15) is 5.56 Å². The van der Waals surface area contributed by atoms with Crippen molar-refractivity contribution in [2.45, 2.75) is 0 Å². The summed E-state index contributed by atoms with van der Waals surface area (Å²) in [5, 5.41) is 0. The molecule has 3 nitrogen and oxygen atoms in total. The van der Waals surface area contributed by atoms with Crippen LogP contribution >= 0.6 is 0 Å². The number of carbonyl (C=O) groups is 1. The molecule has 0 aliphatic carbocycles. The first-order chi connectivity index (χ1) is 7.13. The molecule has 0 aromatic heterocycles. The van der Waals surface area contributed by atoms with Gasteiger partial charge in [-0.1, -0.05) is 12.1 Å². The molecule has 0 fully saturated rings. The van der Waals surface area contributed by atoms with E-state index in [0.29, 0.717) is 0 Å². The maximum absolute atomic E-state index is 11.3. The average molecular weight is 205 g/mol. The van der Waals surface area contributed by atoms with Gasteiger partial charge in [0.2, 0.25) is 5.91 Å². The minimum absolute atomic E-state index is 0.0224. The normalized spacial score (nSPS) is 10.3. The molecular formula is C12H15NO2. The fourth-order valence-electron chi connectivity index (χ4n) is 1.03. The SMILES string of the molecule is COc1ccc(/C=C/C(=O)N(C)C)cc1. The van der Waals surface area contributed by atoms with Gasteiger partial charge in [-0.05, 0) is 23.8 Å². The van der Waals surface area contributed by atoms with Gasteiger partial charge >= 0.3 is 0 Å². The van der Waals surface area contributed by atoms with Gasteiger partial charge in [0.25, 0.3) is 0 Å². The zero-order valence-corrected chi connectivity index (χ0v) is 9.23. The molecule has 0 unspecified atom stereocenters. The minimum atomic E-state index is -0.0224. The van der Waals surface area contributed by atoms with E-state index >= 15 is 0 Å². The van der Waals surface area contributed by atoms with Crippen molar-refractivity contribution in [3.63, 3.8) is 0 Å².